The van der Waals surface area contributed by atoms with Crippen LogP contribution in [0.15, 0.2) is 11.1 Å². The van der Waals surface area contributed by atoms with E-state index in [2.05, 4.69) is 27.6 Å². The predicted molar refractivity (Wildman–Crippen MR) is 75.5 cm³/mol. The summed E-state index contributed by atoms with van der Waals surface area (Å²) in [6.45, 7) is 1.95. The number of hydrogen-bond acceptors (Lipinski definition) is 7. The second kappa shape index (κ2) is 4.76. The van der Waals surface area contributed by atoms with Crippen LogP contribution in [0.2, 0.25) is 0 Å². The van der Waals surface area contributed by atoms with Crippen molar-refractivity contribution in [3.8, 4) is 0 Å². The van der Waals surface area contributed by atoms with Crippen molar-refractivity contribution < 1.29 is 9.84 Å². The molecule has 1 aliphatic heterocycles. The van der Waals surface area contributed by atoms with E-state index in [0.29, 0.717) is 0 Å². The average molecular weight is 297 g/mol. The smallest absolute Gasteiger partial charge is 0.280 e. The van der Waals surface area contributed by atoms with Gasteiger partial charge in [-0.3, -0.25) is 14.3 Å². The van der Waals surface area contributed by atoms with Crippen molar-refractivity contribution in [1.29, 1.82) is 0 Å². The van der Waals surface area contributed by atoms with Crippen molar-refractivity contribution in [2.24, 2.45) is 0 Å². The van der Waals surface area contributed by atoms with Crippen LogP contribution in [-0.4, -0.2) is 42.1 Å². The van der Waals surface area contributed by atoms with E-state index in [1.807, 2.05) is 6.92 Å². The molecule has 1 fully saturated rings. The van der Waals surface area contributed by atoms with Gasteiger partial charge in [0.25, 0.3) is 5.56 Å². The zero-order valence-corrected chi connectivity index (χ0v) is 11.6. The van der Waals surface area contributed by atoms with Crippen molar-refractivity contribution in [3.05, 3.63) is 16.7 Å². The summed E-state index contributed by atoms with van der Waals surface area (Å²) in [5.74, 6) is -0.00815. The van der Waals surface area contributed by atoms with Crippen LogP contribution >= 0.6 is 12.6 Å². The van der Waals surface area contributed by atoms with Crippen LogP contribution in [0.3, 0.4) is 0 Å². The number of aromatic amines is 1. The van der Waals surface area contributed by atoms with Crippen molar-refractivity contribution in [2.45, 2.75) is 37.0 Å². The van der Waals surface area contributed by atoms with Gasteiger partial charge in [0.05, 0.1) is 17.7 Å². The standard InChI is InChI=1S/C11H15N5O3S/c1-2-4-7(20)6(17)10(19-4)16-3-13-5-8(16)14-11(12)15-9(5)18/h3-4,6-7,10,17,20H,2H2,1H3,(H3,12,14,15,18)/t4-,6-,7-,10-/m1/s1. The number of nitrogens with two attached hydrogens (primary N) is 1. The SMILES string of the molecule is CC[C@H]1O[C@@H](n2cnc3c(=O)[nH]c(N)nc32)[C@H](O)[C@@H]1S. The lowest BCUT2D eigenvalue weighted by molar-refractivity contribution is -0.0355. The highest BCUT2D eigenvalue weighted by atomic mass is 32.1. The zero-order valence-electron chi connectivity index (χ0n) is 10.7. The maximum Gasteiger partial charge on any atom is 0.280 e. The lowest BCUT2D eigenvalue weighted by atomic mass is 10.1. The lowest BCUT2D eigenvalue weighted by Gasteiger charge is -2.16. The Labute approximate surface area is 119 Å². The van der Waals surface area contributed by atoms with Gasteiger partial charge >= 0.3 is 0 Å². The second-order valence-corrected chi connectivity index (χ2v) is 5.33. The maximum absolute atomic E-state index is 11.7. The van der Waals surface area contributed by atoms with Gasteiger partial charge in [0.1, 0.15) is 6.10 Å². The van der Waals surface area contributed by atoms with Crippen molar-refractivity contribution in [1.82, 2.24) is 19.5 Å². The average Bonchev–Trinajstić information content (AvgIpc) is 2.93. The van der Waals surface area contributed by atoms with E-state index in [1.165, 1.54) is 10.9 Å². The van der Waals surface area contributed by atoms with E-state index >= 15 is 0 Å². The Hall–Kier alpha value is -1.58. The maximum atomic E-state index is 11.7. The molecule has 1 aliphatic rings. The Balaban J connectivity index is 2.09. The summed E-state index contributed by atoms with van der Waals surface area (Å²) in [5, 5.41) is 9.93. The van der Waals surface area contributed by atoms with E-state index < -0.39 is 17.9 Å². The normalized spacial score (nSPS) is 30.1. The highest BCUT2D eigenvalue weighted by Gasteiger charge is 2.42. The molecule has 0 bridgehead atoms. The number of nitrogens with zero attached hydrogens (tertiary/aromatic N) is 3. The molecule has 9 heteroatoms. The number of anilines is 1. The molecule has 0 saturated carbocycles. The second-order valence-electron chi connectivity index (χ2n) is 4.73. The molecule has 3 rings (SSSR count). The molecule has 0 radical (unpaired) electrons. The van der Waals surface area contributed by atoms with Crippen molar-refractivity contribution in [2.75, 3.05) is 5.73 Å². The monoisotopic (exact) mass is 297 g/mol. The molecule has 0 aromatic carbocycles. The fourth-order valence-electron chi connectivity index (χ4n) is 2.43. The van der Waals surface area contributed by atoms with Gasteiger partial charge < -0.3 is 15.6 Å². The first-order valence-electron chi connectivity index (χ1n) is 6.26. The highest BCUT2D eigenvalue weighted by molar-refractivity contribution is 7.81. The minimum absolute atomic E-state index is 0.00815. The number of nitrogens with one attached hydrogen (secondary N) is 1. The number of thiol groups is 1. The lowest BCUT2D eigenvalue weighted by Crippen LogP contribution is -2.27. The number of aliphatic hydroxyl groups excluding tert-OH is 1. The summed E-state index contributed by atoms with van der Waals surface area (Å²) in [6, 6.07) is 0. The first-order valence-corrected chi connectivity index (χ1v) is 6.78. The Kier molecular flexibility index (Phi) is 3.19. The minimum Gasteiger partial charge on any atom is -0.387 e. The number of aliphatic hydroxyl groups is 1. The molecule has 1 saturated heterocycles. The van der Waals surface area contributed by atoms with Gasteiger partial charge in [0.2, 0.25) is 5.95 Å². The van der Waals surface area contributed by atoms with Gasteiger partial charge in [-0.25, -0.2) is 4.98 Å². The molecule has 2 aromatic rings. The summed E-state index contributed by atoms with van der Waals surface area (Å²) in [7, 11) is 0. The molecule has 3 heterocycles. The molecule has 0 spiro atoms. The molecule has 8 nitrogen and oxygen atoms in total. The molecule has 108 valence electrons. The predicted octanol–water partition coefficient (Wildman–Crippen LogP) is -0.331. The van der Waals surface area contributed by atoms with Crippen LogP contribution in [0.25, 0.3) is 11.2 Å². The van der Waals surface area contributed by atoms with E-state index in [0.717, 1.165) is 6.42 Å². The molecule has 20 heavy (non-hydrogen) atoms. The quantitative estimate of drug-likeness (QED) is 0.564. The summed E-state index contributed by atoms with van der Waals surface area (Å²) >= 11 is 4.37. The topological polar surface area (TPSA) is 119 Å². The Morgan fingerprint density at radius 3 is 3.05 bits per heavy atom. The summed E-state index contributed by atoms with van der Waals surface area (Å²) in [6.07, 6.45) is 0.475. The Bertz CT molecular complexity index is 699. The largest absolute Gasteiger partial charge is 0.387 e. The molecular formula is C11H15N5O3S. The van der Waals surface area contributed by atoms with Crippen LogP contribution < -0.4 is 11.3 Å². The number of ether oxygens (including phenoxy) is 1. The minimum atomic E-state index is -0.817. The van der Waals surface area contributed by atoms with Crippen molar-refractivity contribution >= 4 is 29.7 Å². The molecule has 4 atom stereocenters. The number of aromatic nitrogens is 4. The summed E-state index contributed by atoms with van der Waals surface area (Å²) in [4.78, 5) is 22.2. The summed E-state index contributed by atoms with van der Waals surface area (Å²) in [5.41, 5.74) is 5.56. The number of rotatable bonds is 2. The fourth-order valence-corrected chi connectivity index (χ4v) is 2.85. The number of fused-ring (bicyclic) bond motifs is 1. The van der Waals surface area contributed by atoms with Gasteiger partial charge in [0.15, 0.2) is 17.4 Å². The Morgan fingerprint density at radius 2 is 2.40 bits per heavy atom. The van der Waals surface area contributed by atoms with Gasteiger partial charge in [-0.2, -0.15) is 17.6 Å². The van der Waals surface area contributed by atoms with Crippen LogP contribution in [0.1, 0.15) is 19.6 Å². The third-order valence-electron chi connectivity index (χ3n) is 3.46. The molecule has 2 aromatic heterocycles. The molecule has 0 amide bonds. The van der Waals surface area contributed by atoms with Gasteiger partial charge in [-0.05, 0) is 6.42 Å². The van der Waals surface area contributed by atoms with Crippen molar-refractivity contribution in [3.63, 3.8) is 0 Å². The van der Waals surface area contributed by atoms with E-state index in [-0.39, 0.29) is 28.5 Å². The zero-order chi connectivity index (χ0) is 14.4. The van der Waals surface area contributed by atoms with E-state index in [1.54, 1.807) is 0 Å². The number of H-pyrrole nitrogens is 1. The summed E-state index contributed by atoms with van der Waals surface area (Å²) < 4.78 is 7.29. The molecule has 0 aliphatic carbocycles. The van der Waals surface area contributed by atoms with Gasteiger partial charge in [0, 0.05) is 0 Å². The molecular weight excluding hydrogens is 282 g/mol. The van der Waals surface area contributed by atoms with Gasteiger partial charge in [-0.1, -0.05) is 6.92 Å². The van der Waals surface area contributed by atoms with Crippen LogP contribution in [0, 0.1) is 0 Å². The van der Waals surface area contributed by atoms with Crippen LogP contribution in [0.5, 0.6) is 0 Å². The van der Waals surface area contributed by atoms with Crippen LogP contribution in [-0.2, 0) is 4.74 Å². The Morgan fingerprint density at radius 1 is 1.65 bits per heavy atom. The third-order valence-corrected chi connectivity index (χ3v) is 4.10. The number of hydrogen-bond donors (Lipinski definition) is 4. The number of nitrogen functional groups attached to an aromatic ring is 1. The number of imidazole rings is 1. The fraction of sp³-hybridized carbons (Fsp3) is 0.545. The van der Waals surface area contributed by atoms with Gasteiger partial charge in [-0.15, -0.1) is 0 Å². The first kappa shape index (κ1) is 13.4. The van der Waals surface area contributed by atoms with Crippen LogP contribution in [0.4, 0.5) is 5.95 Å². The first-order chi connectivity index (χ1) is 9.52. The van der Waals surface area contributed by atoms with E-state index in [4.69, 9.17) is 10.5 Å². The molecule has 0 unspecified atom stereocenters. The highest BCUT2D eigenvalue weighted by Crippen LogP contribution is 2.35. The molecule has 4 N–H and O–H groups in total. The van der Waals surface area contributed by atoms with E-state index in [9.17, 15) is 9.90 Å². The third kappa shape index (κ3) is 1.89.